The predicted octanol–water partition coefficient (Wildman–Crippen LogP) is 1.62. The molecule has 0 aromatic carbocycles. The number of hydrogen-bond donors (Lipinski definition) is 1. The van der Waals surface area contributed by atoms with E-state index in [1.54, 1.807) is 0 Å². The first kappa shape index (κ1) is 12.0. The highest BCUT2D eigenvalue weighted by Crippen LogP contribution is 2.25. The molecule has 0 saturated carbocycles. The van der Waals surface area contributed by atoms with Gasteiger partial charge in [-0.05, 0) is 12.1 Å². The molecule has 100 valence electrons. The van der Waals surface area contributed by atoms with Gasteiger partial charge in [-0.15, -0.1) is 0 Å². The second-order valence-corrected chi connectivity index (χ2v) is 4.79. The lowest BCUT2D eigenvalue weighted by atomic mass is 10.2. The second-order valence-electron chi connectivity index (χ2n) is 4.79. The lowest BCUT2D eigenvalue weighted by Gasteiger charge is -2.36. The summed E-state index contributed by atoms with van der Waals surface area (Å²) in [6.07, 6.45) is 4.34. The zero-order valence-electron chi connectivity index (χ0n) is 11.1. The van der Waals surface area contributed by atoms with Crippen molar-refractivity contribution in [2.45, 2.75) is 13.3 Å². The number of pyridine rings is 1. The second kappa shape index (κ2) is 4.91. The zero-order chi connectivity index (χ0) is 13.2. The van der Waals surface area contributed by atoms with Crippen molar-refractivity contribution in [2.75, 3.05) is 31.1 Å². The monoisotopic (exact) mass is 258 g/mol. The largest absolute Gasteiger partial charge is 0.367 e. The van der Waals surface area contributed by atoms with Gasteiger partial charge in [-0.2, -0.15) is 0 Å². The van der Waals surface area contributed by atoms with Gasteiger partial charge in [-0.3, -0.25) is 4.79 Å². The summed E-state index contributed by atoms with van der Waals surface area (Å²) in [7, 11) is 0. The highest BCUT2D eigenvalue weighted by atomic mass is 16.2. The quantitative estimate of drug-likeness (QED) is 0.890. The normalized spacial score (nSPS) is 16.1. The average Bonchev–Trinajstić information content (AvgIpc) is 2.95. The Morgan fingerprint density at radius 1 is 1.32 bits per heavy atom. The average molecular weight is 258 g/mol. The van der Waals surface area contributed by atoms with E-state index in [2.05, 4.69) is 20.9 Å². The van der Waals surface area contributed by atoms with Gasteiger partial charge < -0.3 is 14.8 Å². The number of piperazine rings is 1. The lowest BCUT2D eigenvalue weighted by molar-refractivity contribution is -0.131. The molecule has 0 bridgehead atoms. The molecular weight excluding hydrogens is 240 g/mol. The van der Waals surface area contributed by atoms with Crippen LogP contribution in [0.25, 0.3) is 11.0 Å². The minimum atomic E-state index is 0.251. The van der Waals surface area contributed by atoms with Gasteiger partial charge in [-0.1, -0.05) is 6.92 Å². The van der Waals surface area contributed by atoms with Gasteiger partial charge in [0.1, 0.15) is 5.65 Å². The molecule has 3 rings (SSSR count). The number of fused-ring (bicyclic) bond motifs is 1. The van der Waals surface area contributed by atoms with Crippen LogP contribution in [-0.2, 0) is 4.79 Å². The number of nitrogens with zero attached hydrogens (tertiary/aromatic N) is 3. The number of nitrogens with one attached hydrogen (secondary N) is 1. The van der Waals surface area contributed by atoms with E-state index in [1.807, 2.05) is 30.3 Å². The first-order valence-electron chi connectivity index (χ1n) is 6.74. The Morgan fingerprint density at radius 3 is 2.84 bits per heavy atom. The summed E-state index contributed by atoms with van der Waals surface area (Å²) in [6, 6.07) is 4.11. The molecule has 5 heteroatoms. The molecule has 2 aromatic rings. The molecule has 1 fully saturated rings. The van der Waals surface area contributed by atoms with E-state index >= 15 is 0 Å². The molecule has 0 aliphatic carbocycles. The van der Waals surface area contributed by atoms with Crippen LogP contribution >= 0.6 is 0 Å². The Kier molecular flexibility index (Phi) is 3.11. The molecule has 1 aliphatic rings. The summed E-state index contributed by atoms with van der Waals surface area (Å²) in [5.41, 5.74) is 2.12. The van der Waals surface area contributed by atoms with Crippen LogP contribution < -0.4 is 4.90 Å². The first-order valence-corrected chi connectivity index (χ1v) is 6.74. The fraction of sp³-hybridized carbons (Fsp3) is 0.429. The van der Waals surface area contributed by atoms with Crippen molar-refractivity contribution < 1.29 is 4.79 Å². The number of carbonyl (C=O) groups is 1. The fourth-order valence-electron chi connectivity index (χ4n) is 2.64. The Hall–Kier alpha value is -2.04. The number of carbonyl (C=O) groups excluding carboxylic acids is 1. The van der Waals surface area contributed by atoms with Crippen molar-refractivity contribution >= 4 is 22.6 Å². The highest BCUT2D eigenvalue weighted by molar-refractivity contribution is 5.89. The molecule has 0 radical (unpaired) electrons. The van der Waals surface area contributed by atoms with Crippen LogP contribution in [0, 0.1) is 0 Å². The molecule has 1 saturated heterocycles. The summed E-state index contributed by atoms with van der Waals surface area (Å²) in [4.78, 5) is 23.4. The number of H-pyrrole nitrogens is 1. The van der Waals surface area contributed by atoms with Crippen LogP contribution in [-0.4, -0.2) is 47.0 Å². The van der Waals surface area contributed by atoms with Gasteiger partial charge in [0.15, 0.2) is 0 Å². The Morgan fingerprint density at radius 2 is 2.11 bits per heavy atom. The molecule has 0 spiro atoms. The molecule has 5 nitrogen and oxygen atoms in total. The highest BCUT2D eigenvalue weighted by Gasteiger charge is 2.21. The van der Waals surface area contributed by atoms with Crippen molar-refractivity contribution in [1.82, 2.24) is 14.9 Å². The lowest BCUT2D eigenvalue weighted by Crippen LogP contribution is -2.48. The van der Waals surface area contributed by atoms with E-state index in [0.29, 0.717) is 6.42 Å². The molecule has 2 aromatic heterocycles. The van der Waals surface area contributed by atoms with Gasteiger partial charge in [-0.25, -0.2) is 4.98 Å². The molecule has 19 heavy (non-hydrogen) atoms. The fourth-order valence-corrected chi connectivity index (χ4v) is 2.64. The van der Waals surface area contributed by atoms with E-state index in [0.717, 1.165) is 37.2 Å². The number of hydrogen-bond acceptors (Lipinski definition) is 3. The van der Waals surface area contributed by atoms with Gasteiger partial charge in [0.25, 0.3) is 0 Å². The van der Waals surface area contributed by atoms with E-state index in [9.17, 15) is 4.79 Å². The van der Waals surface area contributed by atoms with Crippen LogP contribution in [0.2, 0.25) is 0 Å². The number of anilines is 1. The van der Waals surface area contributed by atoms with E-state index in [-0.39, 0.29) is 5.91 Å². The SMILES string of the molecule is CCC(=O)N1CCN(c2ccnc3[nH]ccc23)CC1. The van der Waals surface area contributed by atoms with Gasteiger partial charge in [0.05, 0.1) is 0 Å². The van der Waals surface area contributed by atoms with E-state index in [4.69, 9.17) is 0 Å². The third kappa shape index (κ3) is 2.16. The third-order valence-corrected chi connectivity index (χ3v) is 3.71. The first-order chi connectivity index (χ1) is 9.29. The third-order valence-electron chi connectivity index (χ3n) is 3.71. The van der Waals surface area contributed by atoms with Gasteiger partial charge in [0.2, 0.25) is 5.91 Å². The molecule has 1 amide bonds. The van der Waals surface area contributed by atoms with Crippen molar-refractivity contribution in [1.29, 1.82) is 0 Å². The summed E-state index contributed by atoms with van der Waals surface area (Å²) in [5, 5.41) is 1.15. The van der Waals surface area contributed by atoms with Crippen LogP contribution in [0.1, 0.15) is 13.3 Å². The van der Waals surface area contributed by atoms with Crippen molar-refractivity contribution in [2.24, 2.45) is 0 Å². The molecular formula is C14H18N4O. The van der Waals surface area contributed by atoms with E-state index < -0.39 is 0 Å². The van der Waals surface area contributed by atoms with Crippen molar-refractivity contribution in [3.8, 4) is 0 Å². The maximum atomic E-state index is 11.7. The van der Waals surface area contributed by atoms with Gasteiger partial charge >= 0.3 is 0 Å². The molecule has 0 atom stereocenters. The van der Waals surface area contributed by atoms with Crippen molar-refractivity contribution in [3.05, 3.63) is 24.5 Å². The summed E-state index contributed by atoms with van der Waals surface area (Å²) in [5.74, 6) is 0.251. The molecule has 1 aliphatic heterocycles. The summed E-state index contributed by atoms with van der Waals surface area (Å²) in [6.45, 7) is 5.30. The number of rotatable bonds is 2. The number of aromatic amines is 1. The standard InChI is InChI=1S/C14H18N4O/c1-2-13(19)18-9-7-17(8-10-18)12-4-6-16-14-11(12)3-5-15-14/h3-6H,2,7-10H2,1H3,(H,15,16). The molecule has 0 unspecified atom stereocenters. The van der Waals surface area contributed by atoms with Crippen molar-refractivity contribution in [3.63, 3.8) is 0 Å². The number of aromatic nitrogens is 2. The minimum absolute atomic E-state index is 0.251. The predicted molar refractivity (Wildman–Crippen MR) is 75.2 cm³/mol. The molecule has 3 heterocycles. The summed E-state index contributed by atoms with van der Waals surface area (Å²) >= 11 is 0. The topological polar surface area (TPSA) is 52.2 Å². The van der Waals surface area contributed by atoms with Crippen LogP contribution in [0.15, 0.2) is 24.5 Å². The number of amides is 1. The van der Waals surface area contributed by atoms with E-state index in [1.165, 1.54) is 5.69 Å². The van der Waals surface area contributed by atoms with Crippen LogP contribution in [0.5, 0.6) is 0 Å². The smallest absolute Gasteiger partial charge is 0.222 e. The maximum absolute atomic E-state index is 11.7. The zero-order valence-corrected chi connectivity index (χ0v) is 11.1. The Balaban J connectivity index is 1.78. The van der Waals surface area contributed by atoms with Crippen LogP contribution in [0.3, 0.4) is 0 Å². The molecule has 1 N–H and O–H groups in total. The Labute approximate surface area is 112 Å². The van der Waals surface area contributed by atoms with Crippen LogP contribution in [0.4, 0.5) is 5.69 Å². The maximum Gasteiger partial charge on any atom is 0.222 e. The Bertz CT molecular complexity index is 584. The summed E-state index contributed by atoms with van der Waals surface area (Å²) < 4.78 is 0. The minimum Gasteiger partial charge on any atom is -0.367 e. The van der Waals surface area contributed by atoms with Gasteiger partial charge in [0, 0.05) is 56.1 Å².